The highest BCUT2D eigenvalue weighted by Gasteiger charge is 2.21. The summed E-state index contributed by atoms with van der Waals surface area (Å²) in [7, 11) is -2.45. The van der Waals surface area contributed by atoms with E-state index in [0.717, 1.165) is 0 Å². The van der Waals surface area contributed by atoms with Crippen LogP contribution >= 0.6 is 0 Å². The van der Waals surface area contributed by atoms with Gasteiger partial charge in [0.05, 0.1) is 22.6 Å². The SMILES string of the molecule is COc1cccc(-c2ccccc2S(=O)O)c1NS(=O)(=O)c1ccccc1. The van der Waals surface area contributed by atoms with E-state index in [9.17, 15) is 17.2 Å². The number of para-hydroxylation sites is 1. The van der Waals surface area contributed by atoms with Crippen molar-refractivity contribution in [3.8, 4) is 16.9 Å². The Balaban J connectivity index is 2.18. The van der Waals surface area contributed by atoms with Crippen molar-refractivity contribution in [2.75, 3.05) is 11.8 Å². The van der Waals surface area contributed by atoms with Crippen LogP contribution in [0.1, 0.15) is 0 Å². The van der Waals surface area contributed by atoms with Gasteiger partial charge < -0.3 is 9.29 Å². The largest absolute Gasteiger partial charge is 0.495 e. The molecule has 0 saturated carbocycles. The molecular weight excluding hydrogens is 386 g/mol. The van der Waals surface area contributed by atoms with Crippen LogP contribution in [-0.4, -0.2) is 24.3 Å². The van der Waals surface area contributed by atoms with E-state index in [1.165, 1.54) is 25.3 Å². The van der Waals surface area contributed by atoms with Crippen LogP contribution in [0.3, 0.4) is 0 Å². The number of nitrogens with one attached hydrogen (secondary N) is 1. The zero-order valence-corrected chi connectivity index (χ0v) is 16.0. The lowest BCUT2D eigenvalue weighted by molar-refractivity contribution is 0.417. The molecule has 0 radical (unpaired) electrons. The fraction of sp³-hybridized carbons (Fsp3) is 0.0526. The molecule has 3 aromatic rings. The number of rotatable bonds is 6. The molecule has 0 aromatic heterocycles. The second-order valence-corrected chi connectivity index (χ2v) is 8.17. The van der Waals surface area contributed by atoms with Crippen LogP contribution in [-0.2, 0) is 21.1 Å². The molecule has 1 atom stereocenters. The van der Waals surface area contributed by atoms with Crippen LogP contribution in [0.25, 0.3) is 11.1 Å². The van der Waals surface area contributed by atoms with Crippen molar-refractivity contribution in [2.24, 2.45) is 0 Å². The van der Waals surface area contributed by atoms with E-state index in [1.54, 1.807) is 54.6 Å². The van der Waals surface area contributed by atoms with E-state index < -0.39 is 21.1 Å². The molecule has 0 aliphatic rings. The number of hydrogen-bond acceptors (Lipinski definition) is 4. The molecule has 0 spiro atoms. The molecule has 0 amide bonds. The molecule has 0 bridgehead atoms. The first kappa shape index (κ1) is 19.1. The van der Waals surface area contributed by atoms with Crippen LogP contribution < -0.4 is 9.46 Å². The molecule has 27 heavy (non-hydrogen) atoms. The first-order valence-corrected chi connectivity index (χ1v) is 10.5. The van der Waals surface area contributed by atoms with Gasteiger partial charge in [-0.1, -0.05) is 48.5 Å². The minimum Gasteiger partial charge on any atom is -0.495 e. The number of sulfonamides is 1. The van der Waals surface area contributed by atoms with Gasteiger partial charge >= 0.3 is 0 Å². The molecule has 8 heteroatoms. The first-order chi connectivity index (χ1) is 12.9. The van der Waals surface area contributed by atoms with Crippen LogP contribution in [0.15, 0.2) is 82.6 Å². The Kier molecular flexibility index (Phi) is 5.59. The topological polar surface area (TPSA) is 92.7 Å². The average Bonchev–Trinajstić information content (AvgIpc) is 2.68. The zero-order chi connectivity index (χ0) is 19.4. The molecule has 3 rings (SSSR count). The third-order valence-electron chi connectivity index (χ3n) is 3.90. The maximum atomic E-state index is 12.8. The summed E-state index contributed by atoms with van der Waals surface area (Å²) >= 11 is -2.23. The second kappa shape index (κ2) is 7.91. The molecule has 6 nitrogen and oxygen atoms in total. The Labute approximate surface area is 160 Å². The Hall–Kier alpha value is -2.68. The predicted octanol–water partition coefficient (Wildman–Crippen LogP) is 3.74. The van der Waals surface area contributed by atoms with E-state index in [0.29, 0.717) is 16.9 Å². The van der Waals surface area contributed by atoms with Crippen molar-refractivity contribution < 1.29 is 21.9 Å². The van der Waals surface area contributed by atoms with Gasteiger partial charge in [0.15, 0.2) is 11.1 Å². The molecular formula is C19H17NO5S2. The number of anilines is 1. The van der Waals surface area contributed by atoms with E-state index in [2.05, 4.69) is 4.72 Å². The third kappa shape index (κ3) is 4.02. The van der Waals surface area contributed by atoms with Crippen molar-refractivity contribution in [3.05, 3.63) is 72.8 Å². The van der Waals surface area contributed by atoms with E-state index in [4.69, 9.17) is 4.74 Å². The second-order valence-electron chi connectivity index (χ2n) is 5.55. The van der Waals surface area contributed by atoms with Gasteiger partial charge in [-0.15, -0.1) is 0 Å². The fourth-order valence-electron chi connectivity index (χ4n) is 2.67. The summed E-state index contributed by atoms with van der Waals surface area (Å²) in [6, 6.07) is 19.4. The Morgan fingerprint density at radius 2 is 1.52 bits per heavy atom. The van der Waals surface area contributed by atoms with Crippen molar-refractivity contribution >= 4 is 26.8 Å². The molecule has 0 fully saturated rings. The molecule has 3 aromatic carbocycles. The van der Waals surface area contributed by atoms with Crippen molar-refractivity contribution in [1.82, 2.24) is 0 Å². The minimum atomic E-state index is -3.88. The van der Waals surface area contributed by atoms with Gasteiger partial charge in [-0.3, -0.25) is 4.72 Å². The lowest BCUT2D eigenvalue weighted by Crippen LogP contribution is -2.14. The molecule has 0 aliphatic carbocycles. The van der Waals surface area contributed by atoms with E-state index in [-0.39, 0.29) is 15.5 Å². The number of ether oxygens (including phenoxy) is 1. The number of hydrogen-bond donors (Lipinski definition) is 2. The lowest BCUT2D eigenvalue weighted by atomic mass is 10.0. The molecule has 0 aliphatic heterocycles. The van der Waals surface area contributed by atoms with Gasteiger partial charge in [-0.2, -0.15) is 0 Å². The third-order valence-corrected chi connectivity index (χ3v) is 6.00. The monoisotopic (exact) mass is 403 g/mol. The summed E-state index contributed by atoms with van der Waals surface area (Å²) in [5.74, 6) is 0.297. The summed E-state index contributed by atoms with van der Waals surface area (Å²) in [5, 5.41) is 0. The molecule has 1 unspecified atom stereocenters. The summed E-state index contributed by atoms with van der Waals surface area (Å²) in [6.45, 7) is 0. The van der Waals surface area contributed by atoms with Gasteiger partial charge in [0, 0.05) is 11.1 Å². The summed E-state index contributed by atoms with van der Waals surface area (Å²) < 4.78 is 54.8. The highest BCUT2D eigenvalue weighted by atomic mass is 32.2. The van der Waals surface area contributed by atoms with Gasteiger partial charge in [0.2, 0.25) is 0 Å². The van der Waals surface area contributed by atoms with Crippen LogP contribution in [0, 0.1) is 0 Å². The molecule has 2 N–H and O–H groups in total. The smallest absolute Gasteiger partial charge is 0.262 e. The van der Waals surface area contributed by atoms with E-state index >= 15 is 0 Å². The Morgan fingerprint density at radius 3 is 2.19 bits per heavy atom. The first-order valence-electron chi connectivity index (χ1n) is 7.89. The van der Waals surface area contributed by atoms with Crippen LogP contribution in [0.4, 0.5) is 5.69 Å². The highest BCUT2D eigenvalue weighted by molar-refractivity contribution is 7.92. The Bertz CT molecular complexity index is 1080. The quantitative estimate of drug-likeness (QED) is 0.612. The van der Waals surface area contributed by atoms with Crippen molar-refractivity contribution in [1.29, 1.82) is 0 Å². The van der Waals surface area contributed by atoms with Crippen molar-refractivity contribution in [2.45, 2.75) is 9.79 Å². The average molecular weight is 403 g/mol. The summed E-state index contributed by atoms with van der Waals surface area (Å²) in [4.78, 5) is 0.270. The zero-order valence-electron chi connectivity index (χ0n) is 14.3. The predicted molar refractivity (Wildman–Crippen MR) is 105 cm³/mol. The van der Waals surface area contributed by atoms with Gasteiger partial charge in [-0.25, -0.2) is 12.6 Å². The number of methoxy groups -OCH3 is 1. The summed E-state index contributed by atoms with van der Waals surface area (Å²) in [6.07, 6.45) is 0. The van der Waals surface area contributed by atoms with E-state index in [1.807, 2.05) is 0 Å². The molecule has 0 saturated heterocycles. The normalized spacial score (nSPS) is 12.4. The van der Waals surface area contributed by atoms with Gasteiger partial charge in [0.25, 0.3) is 10.0 Å². The maximum absolute atomic E-state index is 12.8. The Morgan fingerprint density at radius 1 is 0.889 bits per heavy atom. The maximum Gasteiger partial charge on any atom is 0.262 e. The van der Waals surface area contributed by atoms with Gasteiger partial charge in [0.1, 0.15) is 5.75 Å². The minimum absolute atomic E-state index is 0.0980. The summed E-state index contributed by atoms with van der Waals surface area (Å²) in [5.41, 5.74) is 1.07. The highest BCUT2D eigenvalue weighted by Crippen LogP contribution is 2.39. The fourth-order valence-corrected chi connectivity index (χ4v) is 4.34. The standard InChI is InChI=1S/C19H17NO5S2/c1-25-17-12-7-11-16(15-10-5-6-13-18(15)26(21)22)19(17)20-27(23,24)14-8-3-2-4-9-14/h2-13,20H,1H3,(H,21,22). The number of benzene rings is 3. The van der Waals surface area contributed by atoms with Crippen molar-refractivity contribution in [3.63, 3.8) is 0 Å². The van der Waals surface area contributed by atoms with Gasteiger partial charge in [-0.05, 0) is 24.3 Å². The lowest BCUT2D eigenvalue weighted by Gasteiger charge is -2.17. The molecule has 140 valence electrons. The van der Waals surface area contributed by atoms with Crippen LogP contribution in [0.5, 0.6) is 5.75 Å². The molecule has 0 heterocycles. The van der Waals surface area contributed by atoms with Crippen LogP contribution in [0.2, 0.25) is 0 Å².